The van der Waals surface area contributed by atoms with Crippen LogP contribution in [0.1, 0.15) is 29.6 Å². The van der Waals surface area contributed by atoms with Gasteiger partial charge in [0.05, 0.1) is 20.6 Å². The van der Waals surface area contributed by atoms with E-state index in [9.17, 15) is 9.59 Å². The number of methoxy groups -OCH3 is 2. The van der Waals surface area contributed by atoms with Crippen LogP contribution in [0.2, 0.25) is 0 Å². The number of esters is 1. The third kappa shape index (κ3) is 3.50. The highest BCUT2D eigenvalue weighted by Gasteiger charge is 2.33. The molecule has 0 bridgehead atoms. The van der Waals surface area contributed by atoms with Crippen LogP contribution in [0.5, 0.6) is 5.75 Å². The second-order valence-corrected chi connectivity index (χ2v) is 4.78. The summed E-state index contributed by atoms with van der Waals surface area (Å²) in [6.45, 7) is 0.405. The highest BCUT2D eigenvalue weighted by molar-refractivity contribution is 5.95. The Bertz CT molecular complexity index is 479. The molecule has 1 aromatic rings. The fourth-order valence-corrected chi connectivity index (χ4v) is 2.05. The number of nitrogens with zero attached hydrogens (tertiary/aromatic N) is 1. The van der Waals surface area contributed by atoms with E-state index in [1.807, 2.05) is 0 Å². The Hall–Kier alpha value is -2.04. The molecule has 1 aromatic carbocycles. The summed E-state index contributed by atoms with van der Waals surface area (Å²) in [4.78, 5) is 25.4. The molecule has 0 unspecified atom stereocenters. The average molecular weight is 277 g/mol. The number of rotatable bonds is 6. The summed E-state index contributed by atoms with van der Waals surface area (Å²) in [7, 11) is 2.94. The van der Waals surface area contributed by atoms with Crippen LogP contribution in [0.25, 0.3) is 0 Å². The van der Waals surface area contributed by atoms with E-state index in [4.69, 9.17) is 4.74 Å². The first kappa shape index (κ1) is 14.4. The average Bonchev–Trinajstić information content (AvgIpc) is 3.31. The summed E-state index contributed by atoms with van der Waals surface area (Å²) < 4.78 is 9.70. The van der Waals surface area contributed by atoms with Crippen LogP contribution in [-0.4, -0.2) is 43.6 Å². The number of ether oxygens (including phenoxy) is 2. The summed E-state index contributed by atoms with van der Waals surface area (Å²) >= 11 is 0. The van der Waals surface area contributed by atoms with Crippen molar-refractivity contribution in [3.05, 3.63) is 29.8 Å². The van der Waals surface area contributed by atoms with Gasteiger partial charge >= 0.3 is 5.97 Å². The topological polar surface area (TPSA) is 55.8 Å². The van der Waals surface area contributed by atoms with Gasteiger partial charge in [-0.2, -0.15) is 0 Å². The fraction of sp³-hybridized carbons (Fsp3) is 0.467. The van der Waals surface area contributed by atoms with Crippen molar-refractivity contribution in [1.82, 2.24) is 4.90 Å². The third-order valence-corrected chi connectivity index (χ3v) is 3.37. The first-order valence-corrected chi connectivity index (χ1v) is 6.67. The molecule has 1 aliphatic carbocycles. The van der Waals surface area contributed by atoms with Gasteiger partial charge in [-0.05, 0) is 37.1 Å². The maximum absolute atomic E-state index is 12.5. The molecule has 1 amide bonds. The SMILES string of the molecule is COC(=O)CCN(C(=O)c1ccc(OC)cc1)C1CC1. The predicted molar refractivity (Wildman–Crippen MR) is 73.7 cm³/mol. The van der Waals surface area contributed by atoms with Gasteiger partial charge in [-0.25, -0.2) is 0 Å². The van der Waals surface area contributed by atoms with E-state index in [1.165, 1.54) is 7.11 Å². The number of hydrogen-bond acceptors (Lipinski definition) is 4. The van der Waals surface area contributed by atoms with E-state index in [2.05, 4.69) is 4.74 Å². The van der Waals surface area contributed by atoms with Crippen molar-refractivity contribution in [2.45, 2.75) is 25.3 Å². The first-order valence-electron chi connectivity index (χ1n) is 6.67. The van der Waals surface area contributed by atoms with Crippen molar-refractivity contribution in [2.75, 3.05) is 20.8 Å². The molecule has 1 fully saturated rings. The van der Waals surface area contributed by atoms with E-state index in [0.717, 1.165) is 12.8 Å². The van der Waals surface area contributed by atoms with E-state index in [-0.39, 0.29) is 24.3 Å². The van der Waals surface area contributed by atoms with Gasteiger partial charge in [0.15, 0.2) is 0 Å². The molecule has 20 heavy (non-hydrogen) atoms. The van der Waals surface area contributed by atoms with Crippen molar-refractivity contribution >= 4 is 11.9 Å². The lowest BCUT2D eigenvalue weighted by molar-refractivity contribution is -0.140. The van der Waals surface area contributed by atoms with Crippen LogP contribution in [-0.2, 0) is 9.53 Å². The Kier molecular flexibility index (Phi) is 4.61. The molecule has 0 aromatic heterocycles. The molecule has 108 valence electrons. The molecule has 1 aliphatic rings. The molecule has 0 heterocycles. The fourth-order valence-electron chi connectivity index (χ4n) is 2.05. The minimum Gasteiger partial charge on any atom is -0.497 e. The largest absolute Gasteiger partial charge is 0.497 e. The quantitative estimate of drug-likeness (QED) is 0.745. The third-order valence-electron chi connectivity index (χ3n) is 3.37. The van der Waals surface area contributed by atoms with Crippen LogP contribution in [0.4, 0.5) is 0 Å². The maximum Gasteiger partial charge on any atom is 0.307 e. The van der Waals surface area contributed by atoms with Crippen molar-refractivity contribution in [3.63, 3.8) is 0 Å². The number of hydrogen-bond donors (Lipinski definition) is 0. The molecule has 5 nitrogen and oxygen atoms in total. The zero-order chi connectivity index (χ0) is 14.5. The molecule has 0 spiro atoms. The van der Waals surface area contributed by atoms with E-state index in [1.54, 1.807) is 36.3 Å². The van der Waals surface area contributed by atoms with E-state index >= 15 is 0 Å². The normalized spacial score (nSPS) is 13.7. The number of carbonyl (C=O) groups is 2. The standard InChI is InChI=1S/C15H19NO4/c1-19-13-7-3-11(4-8-13)15(18)16(12-5-6-12)10-9-14(17)20-2/h3-4,7-8,12H,5-6,9-10H2,1-2H3. The molecular formula is C15H19NO4. The molecule has 0 atom stereocenters. The molecule has 5 heteroatoms. The number of amides is 1. The Morgan fingerprint density at radius 1 is 1.20 bits per heavy atom. The first-order chi connectivity index (χ1) is 9.65. The van der Waals surface area contributed by atoms with Crippen molar-refractivity contribution < 1.29 is 19.1 Å². The highest BCUT2D eigenvalue weighted by Crippen LogP contribution is 2.28. The summed E-state index contributed by atoms with van der Waals surface area (Å²) in [5, 5.41) is 0. The molecule has 1 saturated carbocycles. The Labute approximate surface area is 118 Å². The van der Waals surface area contributed by atoms with E-state index in [0.29, 0.717) is 17.9 Å². The van der Waals surface area contributed by atoms with Gasteiger partial charge in [0.25, 0.3) is 5.91 Å². The molecule has 0 saturated heterocycles. The van der Waals surface area contributed by atoms with Crippen LogP contribution in [0.3, 0.4) is 0 Å². The lowest BCUT2D eigenvalue weighted by atomic mass is 10.2. The monoisotopic (exact) mass is 277 g/mol. The maximum atomic E-state index is 12.5. The van der Waals surface area contributed by atoms with Gasteiger partial charge in [-0.3, -0.25) is 9.59 Å². The van der Waals surface area contributed by atoms with Gasteiger partial charge in [0, 0.05) is 18.2 Å². The molecule has 0 radical (unpaired) electrons. The van der Waals surface area contributed by atoms with Crippen LogP contribution >= 0.6 is 0 Å². The van der Waals surface area contributed by atoms with E-state index < -0.39 is 0 Å². The van der Waals surface area contributed by atoms with Crippen molar-refractivity contribution in [2.24, 2.45) is 0 Å². The van der Waals surface area contributed by atoms with Gasteiger partial charge in [-0.15, -0.1) is 0 Å². The Morgan fingerprint density at radius 2 is 1.85 bits per heavy atom. The van der Waals surface area contributed by atoms with Crippen LogP contribution < -0.4 is 4.74 Å². The van der Waals surface area contributed by atoms with Gasteiger partial charge < -0.3 is 14.4 Å². The molecule has 0 N–H and O–H groups in total. The number of benzene rings is 1. The van der Waals surface area contributed by atoms with Crippen LogP contribution in [0, 0.1) is 0 Å². The smallest absolute Gasteiger partial charge is 0.307 e. The minimum absolute atomic E-state index is 0.0425. The summed E-state index contributed by atoms with van der Waals surface area (Å²) in [5.74, 6) is 0.381. The predicted octanol–water partition coefficient (Wildman–Crippen LogP) is 1.86. The zero-order valence-corrected chi connectivity index (χ0v) is 11.8. The molecule has 2 rings (SSSR count). The summed E-state index contributed by atoms with van der Waals surface area (Å²) in [6.07, 6.45) is 2.24. The Balaban J connectivity index is 2.04. The second kappa shape index (κ2) is 6.41. The Morgan fingerprint density at radius 3 is 2.35 bits per heavy atom. The van der Waals surface area contributed by atoms with Crippen molar-refractivity contribution in [1.29, 1.82) is 0 Å². The molecule has 0 aliphatic heterocycles. The van der Waals surface area contributed by atoms with Gasteiger partial charge in [0.1, 0.15) is 5.75 Å². The lowest BCUT2D eigenvalue weighted by Gasteiger charge is -2.22. The zero-order valence-electron chi connectivity index (χ0n) is 11.8. The van der Waals surface area contributed by atoms with Crippen molar-refractivity contribution in [3.8, 4) is 5.75 Å². The minimum atomic E-state index is -0.293. The lowest BCUT2D eigenvalue weighted by Crippen LogP contribution is -2.35. The van der Waals surface area contributed by atoms with Crippen LogP contribution in [0.15, 0.2) is 24.3 Å². The highest BCUT2D eigenvalue weighted by atomic mass is 16.5. The second-order valence-electron chi connectivity index (χ2n) is 4.78. The van der Waals surface area contributed by atoms with Gasteiger partial charge in [0.2, 0.25) is 0 Å². The summed E-state index contributed by atoms with van der Waals surface area (Å²) in [5.41, 5.74) is 0.613. The molecular weight excluding hydrogens is 258 g/mol. The number of carbonyl (C=O) groups excluding carboxylic acids is 2. The summed E-state index contributed by atoms with van der Waals surface area (Å²) in [6, 6.07) is 7.27. The van der Waals surface area contributed by atoms with Gasteiger partial charge in [-0.1, -0.05) is 0 Å².